The van der Waals surface area contributed by atoms with Crippen LogP contribution in [0.3, 0.4) is 0 Å². The largest absolute Gasteiger partial charge is 0.493 e. The van der Waals surface area contributed by atoms with Crippen molar-refractivity contribution in [3.05, 3.63) is 88.0 Å². The van der Waals surface area contributed by atoms with Crippen molar-refractivity contribution in [3.63, 3.8) is 0 Å². The van der Waals surface area contributed by atoms with Crippen LogP contribution in [0.15, 0.2) is 66.7 Å². The molecule has 182 valence electrons. The number of para-hydroxylation sites is 1. The zero-order valence-corrected chi connectivity index (χ0v) is 20.2. The molecule has 0 spiro atoms. The first-order chi connectivity index (χ1) is 17.1. The van der Waals surface area contributed by atoms with E-state index in [-0.39, 0.29) is 10.6 Å². The highest BCUT2D eigenvalue weighted by molar-refractivity contribution is 5.91. The number of benzene rings is 3. The van der Waals surface area contributed by atoms with E-state index < -0.39 is 0 Å². The zero-order valence-electron chi connectivity index (χ0n) is 20.2. The number of methoxy groups -OCH3 is 2. The second-order valence-electron chi connectivity index (χ2n) is 8.47. The van der Waals surface area contributed by atoms with Crippen LogP contribution in [-0.2, 0) is 12.8 Å². The molecule has 7 heteroatoms. The van der Waals surface area contributed by atoms with Gasteiger partial charge in [0.2, 0.25) is 0 Å². The lowest BCUT2D eigenvalue weighted by Crippen LogP contribution is -2.18. The fourth-order valence-corrected chi connectivity index (χ4v) is 4.40. The summed E-state index contributed by atoms with van der Waals surface area (Å²) in [5.74, 6) is 1.42. The number of nitrogens with one attached hydrogen (secondary N) is 2. The molecule has 1 heterocycles. The molecule has 0 bridgehead atoms. The summed E-state index contributed by atoms with van der Waals surface area (Å²) in [5.41, 5.74) is 5.85. The van der Waals surface area contributed by atoms with Crippen molar-refractivity contribution in [1.29, 1.82) is 0 Å². The van der Waals surface area contributed by atoms with Gasteiger partial charge in [-0.05, 0) is 74.2 Å². The van der Waals surface area contributed by atoms with Crippen LogP contribution in [0.25, 0.3) is 22.2 Å². The first kappa shape index (κ1) is 24.3. The highest BCUT2D eigenvalue weighted by atomic mass is 16.6. The SMILES string of the molecule is COc1ccc(-c2[nH]c3ccccc3c2CCNCCCCc2ccc([N+](=O)[O-])cc2)cc1OC. The van der Waals surface area contributed by atoms with Gasteiger partial charge in [-0.25, -0.2) is 0 Å². The van der Waals surface area contributed by atoms with Gasteiger partial charge in [0, 0.05) is 34.3 Å². The average molecular weight is 474 g/mol. The molecule has 0 aliphatic rings. The predicted molar refractivity (Wildman–Crippen MR) is 139 cm³/mol. The lowest BCUT2D eigenvalue weighted by molar-refractivity contribution is -0.384. The van der Waals surface area contributed by atoms with Gasteiger partial charge >= 0.3 is 0 Å². The number of nitro benzene ring substituents is 1. The number of aromatic amines is 1. The van der Waals surface area contributed by atoms with Gasteiger partial charge < -0.3 is 19.8 Å². The summed E-state index contributed by atoms with van der Waals surface area (Å²) >= 11 is 0. The van der Waals surface area contributed by atoms with Crippen molar-refractivity contribution in [1.82, 2.24) is 10.3 Å². The van der Waals surface area contributed by atoms with Gasteiger partial charge in [0.25, 0.3) is 5.69 Å². The molecule has 3 aromatic carbocycles. The fraction of sp³-hybridized carbons (Fsp3) is 0.286. The summed E-state index contributed by atoms with van der Waals surface area (Å²) in [6, 6.07) is 21.2. The number of rotatable bonds is 12. The van der Waals surface area contributed by atoms with E-state index in [4.69, 9.17) is 9.47 Å². The van der Waals surface area contributed by atoms with Gasteiger partial charge in [-0.15, -0.1) is 0 Å². The number of fused-ring (bicyclic) bond motifs is 1. The van der Waals surface area contributed by atoms with Crippen LogP contribution in [0.2, 0.25) is 0 Å². The molecule has 0 aliphatic heterocycles. The van der Waals surface area contributed by atoms with Gasteiger partial charge in [0.15, 0.2) is 11.5 Å². The molecule has 0 atom stereocenters. The lowest BCUT2D eigenvalue weighted by Gasteiger charge is -2.11. The van der Waals surface area contributed by atoms with Gasteiger partial charge in [0.05, 0.1) is 19.1 Å². The molecular weight excluding hydrogens is 442 g/mol. The standard InChI is InChI=1S/C28H31N3O4/c1-34-26-15-12-21(19-27(26)35-2)28-24(23-8-3-4-9-25(23)30-28)16-18-29-17-6-5-7-20-10-13-22(14-11-20)31(32)33/h3-4,8-15,19,29-30H,5-7,16-18H2,1-2H3. The Morgan fingerprint density at radius 1 is 0.886 bits per heavy atom. The van der Waals surface area contributed by atoms with E-state index in [1.54, 1.807) is 26.4 Å². The molecule has 0 unspecified atom stereocenters. The number of nitro groups is 1. The Morgan fingerprint density at radius 2 is 1.66 bits per heavy atom. The molecule has 1 aromatic heterocycles. The normalized spacial score (nSPS) is 11.0. The Kier molecular flexibility index (Phi) is 8.00. The molecule has 7 nitrogen and oxygen atoms in total. The van der Waals surface area contributed by atoms with Crippen molar-refractivity contribution in [3.8, 4) is 22.8 Å². The van der Waals surface area contributed by atoms with Crippen molar-refractivity contribution in [2.24, 2.45) is 0 Å². The topological polar surface area (TPSA) is 89.4 Å². The van der Waals surface area contributed by atoms with E-state index >= 15 is 0 Å². The zero-order chi connectivity index (χ0) is 24.6. The highest BCUT2D eigenvalue weighted by Crippen LogP contribution is 2.36. The van der Waals surface area contributed by atoms with E-state index in [0.29, 0.717) is 11.5 Å². The first-order valence-electron chi connectivity index (χ1n) is 11.9. The van der Waals surface area contributed by atoms with Crippen LogP contribution in [0, 0.1) is 10.1 Å². The Morgan fingerprint density at radius 3 is 2.40 bits per heavy atom. The molecule has 4 rings (SSSR count). The second kappa shape index (κ2) is 11.5. The summed E-state index contributed by atoms with van der Waals surface area (Å²) in [7, 11) is 3.29. The Bertz CT molecular complexity index is 1280. The van der Waals surface area contributed by atoms with E-state index in [0.717, 1.165) is 61.1 Å². The van der Waals surface area contributed by atoms with Gasteiger partial charge in [-0.3, -0.25) is 10.1 Å². The number of hydrogen-bond donors (Lipinski definition) is 2. The van der Waals surface area contributed by atoms with Crippen molar-refractivity contribution >= 4 is 16.6 Å². The third-order valence-corrected chi connectivity index (χ3v) is 6.25. The maximum Gasteiger partial charge on any atom is 0.269 e. The van der Waals surface area contributed by atoms with E-state index in [1.165, 1.54) is 10.9 Å². The van der Waals surface area contributed by atoms with Crippen LogP contribution >= 0.6 is 0 Å². The number of aryl methyl sites for hydroxylation is 1. The van der Waals surface area contributed by atoms with Crippen LogP contribution < -0.4 is 14.8 Å². The van der Waals surface area contributed by atoms with Crippen molar-refractivity contribution in [2.45, 2.75) is 25.7 Å². The fourth-order valence-electron chi connectivity index (χ4n) is 4.40. The van der Waals surface area contributed by atoms with Crippen LogP contribution in [0.1, 0.15) is 24.0 Å². The molecule has 0 saturated carbocycles. The Labute approximate surface area is 205 Å². The third kappa shape index (κ3) is 5.81. The minimum atomic E-state index is -0.363. The third-order valence-electron chi connectivity index (χ3n) is 6.25. The minimum Gasteiger partial charge on any atom is -0.493 e. The average Bonchev–Trinajstić information content (AvgIpc) is 3.26. The molecule has 4 aromatic rings. The summed E-state index contributed by atoms with van der Waals surface area (Å²) in [5, 5.41) is 15.6. The molecule has 0 amide bonds. The van der Waals surface area contributed by atoms with Crippen LogP contribution in [-0.4, -0.2) is 37.2 Å². The van der Waals surface area contributed by atoms with E-state index in [9.17, 15) is 10.1 Å². The van der Waals surface area contributed by atoms with Crippen molar-refractivity contribution < 1.29 is 14.4 Å². The molecular formula is C28H31N3O4. The van der Waals surface area contributed by atoms with Crippen LogP contribution in [0.4, 0.5) is 5.69 Å². The minimum absolute atomic E-state index is 0.139. The van der Waals surface area contributed by atoms with Gasteiger partial charge in [0.1, 0.15) is 0 Å². The number of hydrogen-bond acceptors (Lipinski definition) is 5. The number of aromatic nitrogens is 1. The molecule has 0 saturated heterocycles. The molecule has 35 heavy (non-hydrogen) atoms. The first-order valence-corrected chi connectivity index (χ1v) is 11.9. The lowest BCUT2D eigenvalue weighted by atomic mass is 10.0. The molecule has 2 N–H and O–H groups in total. The highest BCUT2D eigenvalue weighted by Gasteiger charge is 2.15. The van der Waals surface area contributed by atoms with Crippen molar-refractivity contribution in [2.75, 3.05) is 27.3 Å². The second-order valence-corrected chi connectivity index (χ2v) is 8.47. The van der Waals surface area contributed by atoms with E-state index in [2.05, 4.69) is 34.6 Å². The number of H-pyrrole nitrogens is 1. The summed E-state index contributed by atoms with van der Waals surface area (Å²) in [4.78, 5) is 14.0. The Hall–Kier alpha value is -3.84. The van der Waals surface area contributed by atoms with E-state index in [1.807, 2.05) is 30.3 Å². The van der Waals surface area contributed by atoms with Gasteiger partial charge in [-0.1, -0.05) is 30.3 Å². The summed E-state index contributed by atoms with van der Waals surface area (Å²) < 4.78 is 10.9. The van der Waals surface area contributed by atoms with Gasteiger partial charge in [-0.2, -0.15) is 0 Å². The predicted octanol–water partition coefficient (Wildman–Crippen LogP) is 5.92. The summed E-state index contributed by atoms with van der Waals surface area (Å²) in [6.07, 6.45) is 3.91. The summed E-state index contributed by atoms with van der Waals surface area (Å²) in [6.45, 7) is 1.81. The molecule has 0 radical (unpaired) electrons. The van der Waals surface area contributed by atoms with Crippen LogP contribution in [0.5, 0.6) is 11.5 Å². The maximum absolute atomic E-state index is 10.8. The number of nitrogens with zero attached hydrogens (tertiary/aromatic N) is 1. The monoisotopic (exact) mass is 473 g/mol. The molecule has 0 fully saturated rings. The number of non-ortho nitro benzene ring substituents is 1. The number of ether oxygens (including phenoxy) is 2. The Balaban J connectivity index is 1.35. The quantitative estimate of drug-likeness (QED) is 0.152. The number of unbranched alkanes of at least 4 members (excludes halogenated alkanes) is 1. The smallest absolute Gasteiger partial charge is 0.269 e. The molecule has 0 aliphatic carbocycles. The maximum atomic E-state index is 10.8.